The largest absolute Gasteiger partial charge is 0.483 e. The molecule has 24 heavy (non-hydrogen) atoms. The van der Waals surface area contributed by atoms with Gasteiger partial charge in [-0.15, -0.1) is 0 Å². The van der Waals surface area contributed by atoms with Crippen LogP contribution >= 0.6 is 0 Å². The molecular formula is C18H20N2O4. The van der Waals surface area contributed by atoms with Crippen LogP contribution in [0.2, 0.25) is 0 Å². The molecule has 0 aromatic heterocycles. The number of nitro groups is 1. The Hall–Kier alpha value is -2.89. The third-order valence-corrected chi connectivity index (χ3v) is 3.76. The van der Waals surface area contributed by atoms with Gasteiger partial charge in [0.1, 0.15) is 5.75 Å². The molecule has 0 saturated heterocycles. The van der Waals surface area contributed by atoms with Crippen molar-refractivity contribution in [2.75, 3.05) is 11.9 Å². The second-order valence-corrected chi connectivity index (χ2v) is 5.49. The number of nitro benzene ring substituents is 1. The van der Waals surface area contributed by atoms with Crippen molar-refractivity contribution in [2.45, 2.75) is 26.2 Å². The van der Waals surface area contributed by atoms with Gasteiger partial charge in [-0.1, -0.05) is 38.1 Å². The van der Waals surface area contributed by atoms with Crippen LogP contribution in [0.3, 0.4) is 0 Å². The molecule has 126 valence electrons. The van der Waals surface area contributed by atoms with E-state index in [-0.39, 0.29) is 18.2 Å². The number of carbonyl (C=O) groups is 1. The molecule has 2 aromatic carbocycles. The van der Waals surface area contributed by atoms with E-state index in [2.05, 4.69) is 19.2 Å². The van der Waals surface area contributed by atoms with Crippen LogP contribution in [0.4, 0.5) is 11.4 Å². The molecule has 1 N–H and O–H groups in total. The Labute approximate surface area is 140 Å². The quantitative estimate of drug-likeness (QED) is 0.612. The molecule has 0 heterocycles. The van der Waals surface area contributed by atoms with E-state index in [9.17, 15) is 14.9 Å². The zero-order valence-electron chi connectivity index (χ0n) is 13.7. The summed E-state index contributed by atoms with van der Waals surface area (Å²) in [4.78, 5) is 22.3. The summed E-state index contributed by atoms with van der Waals surface area (Å²) in [5.74, 6) is 0.650. The fourth-order valence-corrected chi connectivity index (χ4v) is 2.28. The molecule has 0 bridgehead atoms. The summed E-state index contributed by atoms with van der Waals surface area (Å²) in [5.41, 5.74) is 1.35. The van der Waals surface area contributed by atoms with Crippen molar-refractivity contribution < 1.29 is 14.5 Å². The Morgan fingerprint density at radius 1 is 1.25 bits per heavy atom. The van der Waals surface area contributed by atoms with Gasteiger partial charge in [0.25, 0.3) is 11.6 Å². The van der Waals surface area contributed by atoms with E-state index in [4.69, 9.17) is 4.74 Å². The first-order valence-electron chi connectivity index (χ1n) is 7.77. The van der Waals surface area contributed by atoms with Gasteiger partial charge in [-0.3, -0.25) is 14.9 Å². The number of ether oxygens (including phenoxy) is 1. The summed E-state index contributed by atoms with van der Waals surface area (Å²) >= 11 is 0. The molecule has 0 fully saturated rings. The number of amides is 1. The lowest BCUT2D eigenvalue weighted by Crippen LogP contribution is -2.20. The van der Waals surface area contributed by atoms with E-state index >= 15 is 0 Å². The maximum absolute atomic E-state index is 12.0. The predicted octanol–water partition coefficient (Wildman–Crippen LogP) is 4.13. The Kier molecular flexibility index (Phi) is 5.89. The average Bonchev–Trinajstić information content (AvgIpc) is 2.59. The fourth-order valence-electron chi connectivity index (χ4n) is 2.28. The molecule has 2 aromatic rings. The molecule has 0 aliphatic rings. The third-order valence-electron chi connectivity index (χ3n) is 3.76. The number of hydrogen-bond donors (Lipinski definition) is 1. The van der Waals surface area contributed by atoms with Gasteiger partial charge >= 0.3 is 0 Å². The first-order chi connectivity index (χ1) is 11.5. The highest BCUT2D eigenvalue weighted by atomic mass is 16.6. The topological polar surface area (TPSA) is 81.5 Å². The molecule has 1 atom stereocenters. The number of para-hydroxylation sites is 1. The molecule has 1 amide bonds. The smallest absolute Gasteiger partial charge is 0.271 e. The standard InChI is InChI=1S/C18H20N2O4/c1-3-13(2)16-9-4-5-10-17(16)24-12-18(21)19-14-7-6-8-15(11-14)20(22)23/h4-11,13H,3,12H2,1-2H3,(H,19,21). The molecule has 0 saturated carbocycles. The summed E-state index contributed by atoms with van der Waals surface area (Å²) < 4.78 is 5.63. The number of non-ortho nitro benzene ring substituents is 1. The van der Waals surface area contributed by atoms with Gasteiger partial charge in [-0.2, -0.15) is 0 Å². The number of hydrogen-bond acceptors (Lipinski definition) is 4. The number of carbonyl (C=O) groups excluding carboxylic acids is 1. The van der Waals surface area contributed by atoms with E-state index in [1.165, 1.54) is 18.2 Å². The number of rotatable bonds is 7. The maximum Gasteiger partial charge on any atom is 0.271 e. The Bertz CT molecular complexity index is 730. The van der Waals surface area contributed by atoms with Gasteiger partial charge in [0, 0.05) is 17.8 Å². The molecule has 0 aliphatic carbocycles. The average molecular weight is 328 g/mol. The van der Waals surface area contributed by atoms with Crippen LogP contribution in [-0.4, -0.2) is 17.4 Å². The van der Waals surface area contributed by atoms with E-state index in [0.29, 0.717) is 17.4 Å². The van der Waals surface area contributed by atoms with E-state index in [0.717, 1.165) is 12.0 Å². The SMILES string of the molecule is CCC(C)c1ccccc1OCC(=O)Nc1cccc([N+](=O)[O-])c1. The Morgan fingerprint density at radius 2 is 2.00 bits per heavy atom. The van der Waals surface area contributed by atoms with Crippen molar-refractivity contribution in [2.24, 2.45) is 0 Å². The van der Waals surface area contributed by atoms with Gasteiger partial charge in [-0.25, -0.2) is 0 Å². The first kappa shape index (κ1) is 17.5. The van der Waals surface area contributed by atoms with Gasteiger partial charge in [0.2, 0.25) is 0 Å². The molecule has 2 rings (SSSR count). The number of nitrogens with one attached hydrogen (secondary N) is 1. The summed E-state index contributed by atoms with van der Waals surface area (Å²) in [6.07, 6.45) is 0.972. The lowest BCUT2D eigenvalue weighted by Gasteiger charge is -2.15. The first-order valence-corrected chi connectivity index (χ1v) is 7.77. The lowest BCUT2D eigenvalue weighted by molar-refractivity contribution is -0.384. The minimum Gasteiger partial charge on any atom is -0.483 e. The minimum absolute atomic E-state index is 0.0733. The number of nitrogens with zero attached hydrogens (tertiary/aromatic N) is 1. The molecular weight excluding hydrogens is 308 g/mol. The fraction of sp³-hybridized carbons (Fsp3) is 0.278. The number of benzene rings is 2. The van der Waals surface area contributed by atoms with Crippen molar-refractivity contribution >= 4 is 17.3 Å². The van der Waals surface area contributed by atoms with Crippen LogP contribution in [-0.2, 0) is 4.79 Å². The Balaban J connectivity index is 1.99. The summed E-state index contributed by atoms with van der Waals surface area (Å²) in [6, 6.07) is 13.4. The van der Waals surface area contributed by atoms with Crippen molar-refractivity contribution in [1.29, 1.82) is 0 Å². The highest BCUT2D eigenvalue weighted by Crippen LogP contribution is 2.28. The second-order valence-electron chi connectivity index (χ2n) is 5.49. The van der Waals surface area contributed by atoms with Gasteiger partial charge in [0.05, 0.1) is 4.92 Å². The van der Waals surface area contributed by atoms with Crippen LogP contribution in [0.1, 0.15) is 31.7 Å². The second kappa shape index (κ2) is 8.10. The van der Waals surface area contributed by atoms with Crippen molar-refractivity contribution in [1.82, 2.24) is 0 Å². The van der Waals surface area contributed by atoms with Crippen molar-refractivity contribution in [3.63, 3.8) is 0 Å². The monoisotopic (exact) mass is 328 g/mol. The van der Waals surface area contributed by atoms with Gasteiger partial charge in [0.15, 0.2) is 6.61 Å². The minimum atomic E-state index is -0.505. The van der Waals surface area contributed by atoms with E-state index < -0.39 is 4.92 Å². The van der Waals surface area contributed by atoms with Crippen LogP contribution in [0, 0.1) is 10.1 Å². The summed E-state index contributed by atoms with van der Waals surface area (Å²) in [7, 11) is 0. The molecule has 0 aliphatic heterocycles. The predicted molar refractivity (Wildman–Crippen MR) is 92.4 cm³/mol. The number of anilines is 1. The van der Waals surface area contributed by atoms with E-state index in [1.807, 2.05) is 24.3 Å². The lowest BCUT2D eigenvalue weighted by atomic mass is 9.98. The molecule has 0 radical (unpaired) electrons. The Morgan fingerprint density at radius 3 is 2.71 bits per heavy atom. The highest BCUT2D eigenvalue weighted by Gasteiger charge is 2.12. The normalized spacial score (nSPS) is 11.6. The maximum atomic E-state index is 12.0. The molecule has 1 unspecified atom stereocenters. The molecule has 6 heteroatoms. The van der Waals surface area contributed by atoms with Crippen molar-refractivity contribution in [3.05, 3.63) is 64.2 Å². The summed E-state index contributed by atoms with van der Waals surface area (Å²) in [5, 5.41) is 13.3. The van der Waals surface area contributed by atoms with Gasteiger partial charge < -0.3 is 10.1 Å². The van der Waals surface area contributed by atoms with Gasteiger partial charge in [-0.05, 0) is 30.0 Å². The zero-order chi connectivity index (χ0) is 17.5. The van der Waals surface area contributed by atoms with E-state index in [1.54, 1.807) is 6.07 Å². The van der Waals surface area contributed by atoms with Crippen LogP contribution < -0.4 is 10.1 Å². The molecule has 6 nitrogen and oxygen atoms in total. The highest BCUT2D eigenvalue weighted by molar-refractivity contribution is 5.92. The van der Waals surface area contributed by atoms with Crippen molar-refractivity contribution in [3.8, 4) is 5.75 Å². The third kappa shape index (κ3) is 4.55. The summed E-state index contributed by atoms with van der Waals surface area (Å²) in [6.45, 7) is 4.04. The van der Waals surface area contributed by atoms with Crippen LogP contribution in [0.5, 0.6) is 5.75 Å². The van der Waals surface area contributed by atoms with Crippen LogP contribution in [0.25, 0.3) is 0 Å². The van der Waals surface area contributed by atoms with Crippen LogP contribution in [0.15, 0.2) is 48.5 Å². The zero-order valence-corrected chi connectivity index (χ0v) is 13.7. The molecule has 0 spiro atoms.